The van der Waals surface area contributed by atoms with E-state index in [1.54, 1.807) is 0 Å². The average molecular weight is 332 g/mol. The summed E-state index contributed by atoms with van der Waals surface area (Å²) in [7, 11) is 0. The zero-order valence-corrected chi connectivity index (χ0v) is 11.9. The number of urea groups is 1. The molecule has 2 amide bonds. The number of hydrogen-bond donors (Lipinski definition) is 3. The third kappa shape index (κ3) is 3.74. The molecule has 8 heteroatoms. The van der Waals surface area contributed by atoms with E-state index in [1.807, 2.05) is 0 Å². The second-order valence-electron chi connectivity index (χ2n) is 4.06. The first-order chi connectivity index (χ1) is 9.86. The van der Waals surface area contributed by atoms with Crippen LogP contribution >= 0.6 is 23.2 Å². The van der Waals surface area contributed by atoms with Crippen molar-refractivity contribution in [3.05, 3.63) is 52.0 Å². The van der Waals surface area contributed by atoms with E-state index < -0.39 is 23.4 Å². The summed E-state index contributed by atoms with van der Waals surface area (Å²) in [6.07, 6.45) is 0. The first-order valence-electron chi connectivity index (χ1n) is 5.64. The highest BCUT2D eigenvalue weighted by Crippen LogP contribution is 2.26. The van der Waals surface area contributed by atoms with Gasteiger partial charge in [-0.05, 0) is 30.3 Å². The lowest BCUT2D eigenvalue weighted by Crippen LogP contribution is -2.21. The van der Waals surface area contributed by atoms with Crippen molar-refractivity contribution in [1.29, 1.82) is 0 Å². The van der Waals surface area contributed by atoms with Crippen molar-refractivity contribution in [2.45, 2.75) is 0 Å². The second kappa shape index (κ2) is 6.15. The van der Waals surface area contributed by atoms with Crippen LogP contribution in [-0.4, -0.2) is 6.03 Å². The van der Waals surface area contributed by atoms with Crippen molar-refractivity contribution in [3.63, 3.8) is 0 Å². The van der Waals surface area contributed by atoms with E-state index in [0.29, 0.717) is 15.7 Å². The molecule has 0 fully saturated rings. The minimum Gasteiger partial charge on any atom is -0.397 e. The van der Waals surface area contributed by atoms with Crippen LogP contribution in [0.2, 0.25) is 10.0 Å². The Bertz CT molecular complexity index is 690. The molecule has 0 unspecified atom stereocenters. The molecule has 4 N–H and O–H groups in total. The Kier molecular flexibility index (Phi) is 4.50. The minimum absolute atomic E-state index is 0.104. The lowest BCUT2D eigenvalue weighted by Gasteiger charge is -2.11. The summed E-state index contributed by atoms with van der Waals surface area (Å²) >= 11 is 11.6. The molecule has 2 rings (SSSR count). The molecule has 0 saturated carbocycles. The zero-order chi connectivity index (χ0) is 15.6. The van der Waals surface area contributed by atoms with E-state index >= 15 is 0 Å². The van der Waals surface area contributed by atoms with Crippen molar-refractivity contribution < 1.29 is 13.6 Å². The third-order valence-electron chi connectivity index (χ3n) is 2.49. The maximum absolute atomic E-state index is 13.6. The molecule has 0 heterocycles. The standard InChI is InChI=1S/C13H9Cl2F2N3O/c14-6-3-7(15)5-8(4-6)19-13(21)20-12-10(18)2-1-9(16)11(12)17/h1-5H,18H2,(H2,19,20,21). The van der Waals surface area contributed by atoms with Crippen molar-refractivity contribution in [3.8, 4) is 0 Å². The van der Waals surface area contributed by atoms with Crippen LogP contribution in [0.3, 0.4) is 0 Å². The summed E-state index contributed by atoms with van der Waals surface area (Å²) in [6, 6.07) is 5.56. The highest BCUT2D eigenvalue weighted by Gasteiger charge is 2.14. The predicted molar refractivity (Wildman–Crippen MR) is 79.9 cm³/mol. The van der Waals surface area contributed by atoms with Gasteiger partial charge in [-0.25, -0.2) is 13.6 Å². The number of carbonyl (C=O) groups excluding carboxylic acids is 1. The van der Waals surface area contributed by atoms with Crippen molar-refractivity contribution in [2.24, 2.45) is 0 Å². The van der Waals surface area contributed by atoms with E-state index in [4.69, 9.17) is 28.9 Å². The highest BCUT2D eigenvalue weighted by molar-refractivity contribution is 6.35. The van der Waals surface area contributed by atoms with E-state index in [2.05, 4.69) is 10.6 Å². The lowest BCUT2D eigenvalue weighted by molar-refractivity contribution is 0.262. The summed E-state index contributed by atoms with van der Waals surface area (Å²) in [5, 5.41) is 5.14. The number of anilines is 3. The van der Waals surface area contributed by atoms with Gasteiger partial charge in [0.2, 0.25) is 0 Å². The lowest BCUT2D eigenvalue weighted by atomic mass is 10.2. The topological polar surface area (TPSA) is 67.1 Å². The van der Waals surface area contributed by atoms with Crippen LogP contribution in [0.5, 0.6) is 0 Å². The Hall–Kier alpha value is -2.05. The van der Waals surface area contributed by atoms with Gasteiger partial charge in [-0.3, -0.25) is 0 Å². The Labute approximate surface area is 128 Å². The summed E-state index contributed by atoms with van der Waals surface area (Å²) in [4.78, 5) is 11.8. The third-order valence-corrected chi connectivity index (χ3v) is 2.92. The van der Waals surface area contributed by atoms with Crippen molar-refractivity contribution in [2.75, 3.05) is 16.4 Å². The van der Waals surface area contributed by atoms with Gasteiger partial charge in [-0.1, -0.05) is 23.2 Å². The molecule has 0 bridgehead atoms. The van der Waals surface area contributed by atoms with Crippen molar-refractivity contribution in [1.82, 2.24) is 0 Å². The minimum atomic E-state index is -1.24. The second-order valence-corrected chi connectivity index (χ2v) is 4.94. The molecular weight excluding hydrogens is 323 g/mol. The largest absolute Gasteiger partial charge is 0.397 e. The number of benzene rings is 2. The van der Waals surface area contributed by atoms with Gasteiger partial charge in [0.15, 0.2) is 11.6 Å². The van der Waals surface area contributed by atoms with Gasteiger partial charge in [0.05, 0.1) is 5.69 Å². The van der Waals surface area contributed by atoms with Gasteiger partial charge in [-0.15, -0.1) is 0 Å². The quantitative estimate of drug-likeness (QED) is 0.709. The fourth-order valence-corrected chi connectivity index (χ4v) is 2.12. The van der Waals surface area contributed by atoms with E-state index in [-0.39, 0.29) is 5.69 Å². The number of rotatable bonds is 2. The van der Waals surface area contributed by atoms with Crippen molar-refractivity contribution >= 4 is 46.3 Å². The molecular formula is C13H9Cl2F2N3O. The molecule has 110 valence electrons. The van der Waals surface area contributed by atoms with Crippen LogP contribution in [0.15, 0.2) is 30.3 Å². The predicted octanol–water partition coefficient (Wildman–Crippen LogP) is 4.50. The Balaban J connectivity index is 2.17. The monoisotopic (exact) mass is 331 g/mol. The maximum atomic E-state index is 13.6. The molecule has 0 aromatic heterocycles. The van der Waals surface area contributed by atoms with Crippen LogP contribution in [-0.2, 0) is 0 Å². The first kappa shape index (κ1) is 15.3. The van der Waals surface area contributed by atoms with Gasteiger partial charge in [0, 0.05) is 15.7 Å². The molecule has 0 saturated heterocycles. The van der Waals surface area contributed by atoms with E-state index in [9.17, 15) is 13.6 Å². The molecule has 21 heavy (non-hydrogen) atoms. The highest BCUT2D eigenvalue weighted by atomic mass is 35.5. The molecule has 0 atom stereocenters. The van der Waals surface area contributed by atoms with Crippen LogP contribution in [0.4, 0.5) is 30.6 Å². The fraction of sp³-hybridized carbons (Fsp3) is 0. The molecule has 2 aromatic rings. The number of hydrogen-bond acceptors (Lipinski definition) is 2. The fourth-order valence-electron chi connectivity index (χ4n) is 1.59. The van der Waals surface area contributed by atoms with Crippen LogP contribution in [0.1, 0.15) is 0 Å². The van der Waals surface area contributed by atoms with Crippen LogP contribution < -0.4 is 16.4 Å². The average Bonchev–Trinajstić information content (AvgIpc) is 2.38. The number of halogens is 4. The molecule has 0 aliphatic carbocycles. The normalized spacial score (nSPS) is 10.3. The number of nitrogens with two attached hydrogens (primary N) is 1. The summed E-state index contributed by atoms with van der Waals surface area (Å²) < 4.78 is 26.7. The number of carbonyl (C=O) groups is 1. The van der Waals surface area contributed by atoms with E-state index in [1.165, 1.54) is 18.2 Å². The van der Waals surface area contributed by atoms with E-state index in [0.717, 1.165) is 12.1 Å². The molecule has 2 aromatic carbocycles. The van der Waals surface area contributed by atoms with Gasteiger partial charge in [-0.2, -0.15) is 0 Å². The first-order valence-corrected chi connectivity index (χ1v) is 6.40. The van der Waals surface area contributed by atoms with Crippen LogP contribution in [0, 0.1) is 11.6 Å². The molecule has 0 aliphatic rings. The Morgan fingerprint density at radius 1 is 1.05 bits per heavy atom. The summed E-state index contributed by atoms with van der Waals surface area (Å²) in [6.45, 7) is 0. The SMILES string of the molecule is Nc1ccc(F)c(F)c1NC(=O)Nc1cc(Cl)cc(Cl)c1. The Morgan fingerprint density at radius 2 is 1.67 bits per heavy atom. The zero-order valence-electron chi connectivity index (χ0n) is 10.4. The smallest absolute Gasteiger partial charge is 0.323 e. The summed E-state index contributed by atoms with van der Waals surface area (Å²) in [5.74, 6) is -2.36. The van der Waals surface area contributed by atoms with Gasteiger partial charge in [0.1, 0.15) is 5.69 Å². The number of nitrogen functional groups attached to an aromatic ring is 1. The van der Waals surface area contributed by atoms with Crippen LogP contribution in [0.25, 0.3) is 0 Å². The van der Waals surface area contributed by atoms with Gasteiger partial charge < -0.3 is 16.4 Å². The summed E-state index contributed by atoms with van der Waals surface area (Å²) in [5.41, 5.74) is 5.23. The molecule has 4 nitrogen and oxygen atoms in total. The number of nitrogens with one attached hydrogen (secondary N) is 2. The molecule has 0 spiro atoms. The maximum Gasteiger partial charge on any atom is 0.323 e. The molecule has 0 aliphatic heterocycles. The Morgan fingerprint density at radius 3 is 2.29 bits per heavy atom. The van der Waals surface area contributed by atoms with Gasteiger partial charge in [0.25, 0.3) is 0 Å². The molecule has 0 radical (unpaired) electrons. The number of amides is 2. The van der Waals surface area contributed by atoms with Gasteiger partial charge >= 0.3 is 6.03 Å².